The Bertz CT molecular complexity index is 872. The van der Waals surface area contributed by atoms with Crippen molar-refractivity contribution in [3.63, 3.8) is 0 Å². The molecule has 4 nitrogen and oxygen atoms in total. The largest absolute Gasteiger partial charge is 0.368 e. The van der Waals surface area contributed by atoms with E-state index in [1.54, 1.807) is 0 Å². The predicted molar refractivity (Wildman–Crippen MR) is 89.4 cm³/mol. The lowest BCUT2D eigenvalue weighted by Gasteiger charge is -2.26. The van der Waals surface area contributed by atoms with Gasteiger partial charge in [0.15, 0.2) is 12.4 Å². The monoisotopic (exact) mass is 359 g/mol. The van der Waals surface area contributed by atoms with Crippen molar-refractivity contribution < 1.29 is 23.0 Å². The number of benzene rings is 1. The van der Waals surface area contributed by atoms with Crippen LogP contribution < -0.4 is 0 Å². The number of hydrogen-bond acceptors (Lipinski definition) is 4. The van der Waals surface area contributed by atoms with Gasteiger partial charge in [-0.3, -0.25) is 4.98 Å². The molecule has 4 atom stereocenters. The molecule has 4 unspecified atom stereocenters. The summed E-state index contributed by atoms with van der Waals surface area (Å²) in [5, 5.41) is 0. The number of epoxide rings is 1. The SMILES string of the molecule is CCOC1OC1c1cc(-c2ccc(F)cc2F)c2c(n1)C1CCC(C2)O1. The van der Waals surface area contributed by atoms with Crippen molar-refractivity contribution in [3.05, 3.63) is 52.9 Å². The lowest BCUT2D eigenvalue weighted by atomic mass is 9.92. The summed E-state index contributed by atoms with van der Waals surface area (Å²) in [5.41, 5.74) is 3.73. The summed E-state index contributed by atoms with van der Waals surface area (Å²) in [6.07, 6.45) is 2.12. The number of hydrogen-bond donors (Lipinski definition) is 0. The van der Waals surface area contributed by atoms with Crippen molar-refractivity contribution in [1.29, 1.82) is 0 Å². The van der Waals surface area contributed by atoms with Crippen molar-refractivity contribution in [3.8, 4) is 11.1 Å². The second kappa shape index (κ2) is 6.08. The molecule has 0 radical (unpaired) electrons. The van der Waals surface area contributed by atoms with Crippen molar-refractivity contribution in [2.24, 2.45) is 0 Å². The van der Waals surface area contributed by atoms with Gasteiger partial charge in [-0.1, -0.05) is 0 Å². The van der Waals surface area contributed by atoms with Crippen LogP contribution in [0.1, 0.15) is 48.9 Å². The number of nitrogens with zero attached hydrogens (tertiary/aromatic N) is 1. The molecule has 0 saturated carbocycles. The van der Waals surface area contributed by atoms with Gasteiger partial charge in [0, 0.05) is 24.7 Å². The number of halogens is 2. The summed E-state index contributed by atoms with van der Waals surface area (Å²) in [7, 11) is 0. The number of rotatable bonds is 4. The first-order valence-corrected chi connectivity index (χ1v) is 9.05. The van der Waals surface area contributed by atoms with Gasteiger partial charge in [-0.2, -0.15) is 0 Å². The molecule has 6 heteroatoms. The molecule has 5 rings (SSSR count). The van der Waals surface area contributed by atoms with Gasteiger partial charge in [-0.15, -0.1) is 0 Å². The lowest BCUT2D eigenvalue weighted by molar-refractivity contribution is 0.0294. The fraction of sp³-hybridized carbons (Fsp3) is 0.450. The van der Waals surface area contributed by atoms with Gasteiger partial charge in [-0.05, 0) is 49.1 Å². The maximum atomic E-state index is 14.5. The molecular weight excluding hydrogens is 340 g/mol. The van der Waals surface area contributed by atoms with Crippen molar-refractivity contribution in [2.45, 2.75) is 50.8 Å². The van der Waals surface area contributed by atoms with E-state index in [4.69, 9.17) is 19.2 Å². The first-order chi connectivity index (χ1) is 12.6. The zero-order valence-electron chi connectivity index (χ0n) is 14.4. The lowest BCUT2D eigenvalue weighted by Crippen LogP contribution is -2.21. The van der Waals surface area contributed by atoms with Gasteiger partial charge in [0.05, 0.1) is 17.5 Å². The fourth-order valence-corrected chi connectivity index (χ4v) is 4.07. The fourth-order valence-electron chi connectivity index (χ4n) is 4.07. The van der Waals surface area contributed by atoms with Gasteiger partial charge in [0.2, 0.25) is 0 Å². The third-order valence-electron chi connectivity index (χ3n) is 5.32. The van der Waals surface area contributed by atoms with Crippen LogP contribution >= 0.6 is 0 Å². The summed E-state index contributed by atoms with van der Waals surface area (Å²) in [6.45, 7) is 2.46. The minimum atomic E-state index is -0.584. The van der Waals surface area contributed by atoms with Crippen molar-refractivity contribution >= 4 is 0 Å². The van der Waals surface area contributed by atoms with Gasteiger partial charge >= 0.3 is 0 Å². The van der Waals surface area contributed by atoms with E-state index in [1.165, 1.54) is 12.1 Å². The van der Waals surface area contributed by atoms with E-state index in [0.29, 0.717) is 18.6 Å². The van der Waals surface area contributed by atoms with Gasteiger partial charge in [0.25, 0.3) is 0 Å². The van der Waals surface area contributed by atoms with Crippen LogP contribution in [0.15, 0.2) is 24.3 Å². The molecule has 3 aliphatic heterocycles. The summed E-state index contributed by atoms with van der Waals surface area (Å²) < 4.78 is 45.0. The molecule has 1 aromatic heterocycles. The van der Waals surface area contributed by atoms with E-state index >= 15 is 0 Å². The van der Waals surface area contributed by atoms with E-state index in [0.717, 1.165) is 41.4 Å². The zero-order chi connectivity index (χ0) is 17.8. The summed E-state index contributed by atoms with van der Waals surface area (Å²) in [5.74, 6) is -1.15. The maximum Gasteiger partial charge on any atom is 0.190 e. The van der Waals surface area contributed by atoms with Crippen LogP contribution in [0.5, 0.6) is 0 Å². The Labute approximate surface area is 150 Å². The summed E-state index contributed by atoms with van der Waals surface area (Å²) >= 11 is 0. The Kier molecular flexibility index (Phi) is 3.81. The molecule has 2 bridgehead atoms. The molecule has 2 fully saturated rings. The Morgan fingerprint density at radius 2 is 2.04 bits per heavy atom. The number of pyridine rings is 1. The average molecular weight is 359 g/mol. The first kappa shape index (κ1) is 16.3. The molecule has 4 heterocycles. The number of aromatic nitrogens is 1. The molecule has 0 aliphatic carbocycles. The highest BCUT2D eigenvalue weighted by molar-refractivity contribution is 5.70. The normalized spacial score (nSPS) is 28.9. The standard InChI is InChI=1S/C20H19F2NO3/c1-2-24-20-19(26-20)16-9-13(12-5-3-10(21)7-15(12)22)14-8-11-4-6-17(25-11)18(14)23-16/h3,5,7,9,11,17,19-20H,2,4,6,8H2,1H3. The molecule has 0 amide bonds. The quantitative estimate of drug-likeness (QED) is 0.766. The Balaban J connectivity index is 1.64. The van der Waals surface area contributed by atoms with Crippen molar-refractivity contribution in [2.75, 3.05) is 6.61 Å². The first-order valence-electron chi connectivity index (χ1n) is 9.05. The van der Waals surface area contributed by atoms with Crippen molar-refractivity contribution in [1.82, 2.24) is 4.98 Å². The minimum Gasteiger partial charge on any atom is -0.368 e. The topological polar surface area (TPSA) is 43.9 Å². The van der Waals surface area contributed by atoms with Crippen LogP contribution in [-0.2, 0) is 20.6 Å². The Morgan fingerprint density at radius 1 is 1.15 bits per heavy atom. The van der Waals surface area contributed by atoms with E-state index in [2.05, 4.69) is 0 Å². The number of ether oxygens (including phenoxy) is 3. The highest BCUT2D eigenvalue weighted by Gasteiger charge is 2.44. The molecule has 0 N–H and O–H groups in total. The molecule has 1 aromatic carbocycles. The zero-order valence-corrected chi connectivity index (χ0v) is 14.4. The molecule has 2 saturated heterocycles. The van der Waals surface area contributed by atoms with Crippen LogP contribution in [-0.4, -0.2) is 24.0 Å². The van der Waals surface area contributed by atoms with E-state index in [-0.39, 0.29) is 24.6 Å². The average Bonchev–Trinajstić information content (AvgIpc) is 3.28. The summed E-state index contributed by atoms with van der Waals surface area (Å²) in [6, 6.07) is 5.57. The van der Waals surface area contributed by atoms with E-state index in [9.17, 15) is 8.78 Å². The van der Waals surface area contributed by atoms with Crippen LogP contribution in [0.2, 0.25) is 0 Å². The molecular formula is C20H19F2NO3. The third-order valence-corrected chi connectivity index (χ3v) is 5.32. The van der Waals surface area contributed by atoms with Crippen LogP contribution in [0.4, 0.5) is 8.78 Å². The Hall–Kier alpha value is -1.89. The van der Waals surface area contributed by atoms with Crippen LogP contribution in [0, 0.1) is 11.6 Å². The van der Waals surface area contributed by atoms with Crippen LogP contribution in [0.3, 0.4) is 0 Å². The molecule has 3 aliphatic rings. The maximum absolute atomic E-state index is 14.5. The predicted octanol–water partition coefficient (Wildman–Crippen LogP) is 4.24. The van der Waals surface area contributed by atoms with Gasteiger partial charge < -0.3 is 14.2 Å². The molecule has 26 heavy (non-hydrogen) atoms. The molecule has 2 aromatic rings. The summed E-state index contributed by atoms with van der Waals surface area (Å²) in [4.78, 5) is 4.79. The van der Waals surface area contributed by atoms with E-state index < -0.39 is 11.6 Å². The smallest absolute Gasteiger partial charge is 0.190 e. The van der Waals surface area contributed by atoms with Gasteiger partial charge in [0.1, 0.15) is 17.7 Å². The highest BCUT2D eigenvalue weighted by atomic mass is 19.1. The third kappa shape index (κ3) is 2.64. The second-order valence-corrected chi connectivity index (χ2v) is 6.99. The van der Waals surface area contributed by atoms with Crippen LogP contribution in [0.25, 0.3) is 11.1 Å². The highest BCUT2D eigenvalue weighted by Crippen LogP contribution is 2.47. The van der Waals surface area contributed by atoms with Gasteiger partial charge in [-0.25, -0.2) is 8.78 Å². The molecule has 136 valence electrons. The van der Waals surface area contributed by atoms with E-state index in [1.807, 2.05) is 13.0 Å². The Morgan fingerprint density at radius 3 is 2.85 bits per heavy atom. The minimum absolute atomic E-state index is 0.0600. The molecule has 0 spiro atoms. The second-order valence-electron chi connectivity index (χ2n) is 6.99. The number of fused-ring (bicyclic) bond motifs is 4.